The van der Waals surface area contributed by atoms with Crippen molar-refractivity contribution < 1.29 is 4.79 Å². The molecule has 2 N–H and O–H groups in total. The maximum absolute atomic E-state index is 12.4. The molecule has 0 bridgehead atoms. The maximum atomic E-state index is 12.4. The second-order valence-electron chi connectivity index (χ2n) is 8.34. The lowest BCUT2D eigenvalue weighted by Gasteiger charge is -2.33. The lowest BCUT2D eigenvalue weighted by atomic mass is 9.95. The lowest BCUT2D eigenvalue weighted by molar-refractivity contribution is -0.134. The summed E-state index contributed by atoms with van der Waals surface area (Å²) in [5.74, 6) is 2.63. The molecule has 0 radical (unpaired) electrons. The van der Waals surface area contributed by atoms with Crippen molar-refractivity contribution in [2.75, 3.05) is 46.3 Å². The Morgan fingerprint density at radius 2 is 1.73 bits per heavy atom. The van der Waals surface area contributed by atoms with Gasteiger partial charge in [0.1, 0.15) is 11.6 Å². The zero-order chi connectivity index (χ0) is 18.3. The summed E-state index contributed by atoms with van der Waals surface area (Å²) >= 11 is 0. The van der Waals surface area contributed by atoms with Crippen molar-refractivity contribution in [1.29, 1.82) is 0 Å². The number of piperazine rings is 1. The standard InChI is InChI=1S/C18H31N7O/c1-22-9-11-24(12-10-22)13-15-20-21-16(23(15)2)14-3-7-25(8-4-14)17(26)18(19)5-6-18/h14H,3-13,19H2,1-2H3. The fourth-order valence-electron chi connectivity index (χ4n) is 4.08. The van der Waals surface area contributed by atoms with Crippen LogP contribution in [0.2, 0.25) is 0 Å². The van der Waals surface area contributed by atoms with Crippen LogP contribution < -0.4 is 5.73 Å². The molecule has 26 heavy (non-hydrogen) atoms. The highest BCUT2D eigenvalue weighted by molar-refractivity contribution is 5.89. The van der Waals surface area contributed by atoms with Gasteiger partial charge in [0.2, 0.25) is 5.91 Å². The summed E-state index contributed by atoms with van der Waals surface area (Å²) in [6, 6.07) is 0. The van der Waals surface area contributed by atoms with Crippen LogP contribution in [0.1, 0.15) is 43.3 Å². The largest absolute Gasteiger partial charge is 0.341 e. The Bertz CT molecular complexity index is 652. The van der Waals surface area contributed by atoms with Gasteiger partial charge in [0.05, 0.1) is 12.1 Å². The summed E-state index contributed by atoms with van der Waals surface area (Å²) < 4.78 is 2.17. The molecule has 3 fully saturated rings. The van der Waals surface area contributed by atoms with Gasteiger partial charge in [0.25, 0.3) is 0 Å². The zero-order valence-electron chi connectivity index (χ0n) is 16.0. The average molecular weight is 361 g/mol. The summed E-state index contributed by atoms with van der Waals surface area (Å²) in [5.41, 5.74) is 5.52. The molecule has 8 nitrogen and oxygen atoms in total. The molecule has 0 atom stereocenters. The molecular formula is C18H31N7O. The van der Waals surface area contributed by atoms with E-state index in [9.17, 15) is 4.79 Å². The van der Waals surface area contributed by atoms with Crippen molar-refractivity contribution in [2.45, 2.75) is 43.7 Å². The molecule has 8 heteroatoms. The van der Waals surface area contributed by atoms with Crippen LogP contribution in [-0.2, 0) is 18.4 Å². The van der Waals surface area contributed by atoms with Crippen LogP contribution in [0.3, 0.4) is 0 Å². The molecule has 0 spiro atoms. The van der Waals surface area contributed by atoms with E-state index in [1.54, 1.807) is 0 Å². The Balaban J connectivity index is 1.34. The van der Waals surface area contributed by atoms with Gasteiger partial charge in [-0.2, -0.15) is 0 Å². The van der Waals surface area contributed by atoms with E-state index in [-0.39, 0.29) is 5.91 Å². The predicted molar refractivity (Wildman–Crippen MR) is 98.5 cm³/mol. The van der Waals surface area contributed by atoms with Gasteiger partial charge >= 0.3 is 0 Å². The van der Waals surface area contributed by atoms with Gasteiger partial charge in [-0.25, -0.2) is 0 Å². The monoisotopic (exact) mass is 361 g/mol. The quantitative estimate of drug-likeness (QED) is 0.797. The van der Waals surface area contributed by atoms with Crippen molar-refractivity contribution in [1.82, 2.24) is 29.5 Å². The van der Waals surface area contributed by atoms with E-state index in [2.05, 4.69) is 38.7 Å². The number of carbonyl (C=O) groups is 1. The summed E-state index contributed by atoms with van der Waals surface area (Å²) in [6.07, 6.45) is 3.57. The number of hydrogen-bond acceptors (Lipinski definition) is 6. The Hall–Kier alpha value is -1.51. The van der Waals surface area contributed by atoms with Crippen molar-refractivity contribution >= 4 is 5.91 Å². The first-order chi connectivity index (χ1) is 12.5. The molecule has 1 saturated carbocycles. The molecule has 0 unspecified atom stereocenters. The van der Waals surface area contributed by atoms with Gasteiger partial charge in [-0.15, -0.1) is 10.2 Å². The summed E-state index contributed by atoms with van der Waals surface area (Å²) in [5, 5.41) is 8.96. The molecule has 3 heterocycles. The molecule has 1 amide bonds. The molecular weight excluding hydrogens is 330 g/mol. The molecule has 2 aliphatic heterocycles. The summed E-state index contributed by atoms with van der Waals surface area (Å²) in [4.78, 5) is 19.2. The van der Waals surface area contributed by atoms with Gasteiger partial charge in [-0.3, -0.25) is 9.69 Å². The van der Waals surface area contributed by atoms with Crippen LogP contribution in [0.4, 0.5) is 0 Å². The van der Waals surface area contributed by atoms with Crippen molar-refractivity contribution in [2.24, 2.45) is 12.8 Å². The van der Waals surface area contributed by atoms with E-state index >= 15 is 0 Å². The van der Waals surface area contributed by atoms with Crippen LogP contribution in [0, 0.1) is 0 Å². The normalized spacial score (nSPS) is 24.8. The minimum Gasteiger partial charge on any atom is -0.341 e. The maximum Gasteiger partial charge on any atom is 0.242 e. The van der Waals surface area contributed by atoms with E-state index < -0.39 is 5.54 Å². The third-order valence-electron chi connectivity index (χ3n) is 6.32. The first-order valence-corrected chi connectivity index (χ1v) is 9.83. The number of likely N-dealkylation sites (N-methyl/N-ethyl adjacent to an activating group) is 1. The highest BCUT2D eigenvalue weighted by Crippen LogP contribution is 2.36. The average Bonchev–Trinajstić information content (AvgIpc) is 3.31. The molecule has 144 valence electrons. The Labute approximate surface area is 155 Å². The summed E-state index contributed by atoms with van der Waals surface area (Å²) in [7, 11) is 4.25. The lowest BCUT2D eigenvalue weighted by Crippen LogP contribution is -2.48. The van der Waals surface area contributed by atoms with E-state index in [1.165, 1.54) is 0 Å². The minimum atomic E-state index is -0.548. The fraction of sp³-hybridized carbons (Fsp3) is 0.833. The Kier molecular flexibility index (Phi) is 4.75. The van der Waals surface area contributed by atoms with E-state index in [4.69, 9.17) is 5.73 Å². The second kappa shape index (κ2) is 6.90. The topological polar surface area (TPSA) is 83.5 Å². The number of piperidine rings is 1. The Morgan fingerprint density at radius 3 is 2.35 bits per heavy atom. The van der Waals surface area contributed by atoms with Gasteiger partial charge in [-0.1, -0.05) is 0 Å². The first kappa shape index (κ1) is 17.9. The highest BCUT2D eigenvalue weighted by Gasteiger charge is 2.48. The van der Waals surface area contributed by atoms with Crippen LogP contribution >= 0.6 is 0 Å². The van der Waals surface area contributed by atoms with Crippen molar-refractivity contribution in [3.63, 3.8) is 0 Å². The van der Waals surface area contributed by atoms with E-state index in [0.29, 0.717) is 5.92 Å². The SMILES string of the molecule is CN1CCN(Cc2nnc(C3CCN(C(=O)C4(N)CC4)CC3)n2C)CC1. The zero-order valence-corrected chi connectivity index (χ0v) is 16.0. The molecule has 1 aromatic rings. The van der Waals surface area contributed by atoms with Gasteiger partial charge in [-0.05, 0) is 32.7 Å². The van der Waals surface area contributed by atoms with Crippen LogP contribution in [0.5, 0.6) is 0 Å². The molecule has 0 aromatic carbocycles. The minimum absolute atomic E-state index is 0.143. The third-order valence-corrected chi connectivity index (χ3v) is 6.32. The number of nitrogens with zero attached hydrogens (tertiary/aromatic N) is 6. The number of amides is 1. The molecule has 3 aliphatic rings. The van der Waals surface area contributed by atoms with Crippen LogP contribution in [-0.4, -0.2) is 87.2 Å². The number of carbonyl (C=O) groups excluding carboxylic acids is 1. The second-order valence-corrected chi connectivity index (χ2v) is 8.34. The van der Waals surface area contributed by atoms with Crippen LogP contribution in [0.25, 0.3) is 0 Å². The van der Waals surface area contributed by atoms with Gasteiger partial charge < -0.3 is 20.1 Å². The van der Waals surface area contributed by atoms with E-state index in [0.717, 1.165) is 83.1 Å². The molecule has 2 saturated heterocycles. The van der Waals surface area contributed by atoms with E-state index in [1.807, 2.05) is 4.90 Å². The van der Waals surface area contributed by atoms with Gasteiger partial charge in [0.15, 0.2) is 0 Å². The number of hydrogen-bond donors (Lipinski definition) is 1. The van der Waals surface area contributed by atoms with Gasteiger partial charge in [0, 0.05) is 52.2 Å². The number of likely N-dealkylation sites (tertiary alicyclic amines) is 1. The van der Waals surface area contributed by atoms with Crippen molar-refractivity contribution in [3.05, 3.63) is 11.6 Å². The predicted octanol–water partition coefficient (Wildman–Crippen LogP) is -0.240. The smallest absolute Gasteiger partial charge is 0.242 e. The molecule has 4 rings (SSSR count). The number of aromatic nitrogens is 3. The highest BCUT2D eigenvalue weighted by atomic mass is 16.2. The fourth-order valence-corrected chi connectivity index (χ4v) is 4.08. The van der Waals surface area contributed by atoms with Crippen molar-refractivity contribution in [3.8, 4) is 0 Å². The molecule has 1 aliphatic carbocycles. The first-order valence-electron chi connectivity index (χ1n) is 9.83. The third kappa shape index (κ3) is 3.50. The number of rotatable bonds is 4. The van der Waals surface area contributed by atoms with Crippen LogP contribution in [0.15, 0.2) is 0 Å². The Morgan fingerprint density at radius 1 is 1.08 bits per heavy atom. The number of nitrogens with two attached hydrogens (primary N) is 1. The summed E-state index contributed by atoms with van der Waals surface area (Å²) in [6.45, 7) is 6.82. The molecule has 1 aromatic heterocycles.